The fourth-order valence-corrected chi connectivity index (χ4v) is 2.28. The topological polar surface area (TPSA) is 74.5 Å². The molecule has 1 aromatic carbocycles. The molecule has 116 valence electrons. The third-order valence-electron chi connectivity index (χ3n) is 2.53. The summed E-state index contributed by atoms with van der Waals surface area (Å²) in [6, 6.07) is 6.77. The monoisotopic (exact) mass is 422 g/mol. The van der Waals surface area contributed by atoms with Crippen molar-refractivity contribution in [1.82, 2.24) is 4.98 Å². The van der Waals surface area contributed by atoms with Crippen molar-refractivity contribution in [1.29, 1.82) is 0 Å². The predicted octanol–water partition coefficient (Wildman–Crippen LogP) is 4.30. The number of pyridine rings is 1. The largest absolute Gasteiger partial charge is 0.454 e. The highest BCUT2D eigenvalue weighted by Gasteiger charge is 2.20. The number of hydrogen-bond acceptors (Lipinski definition) is 5. The molecule has 1 aromatic heterocycles. The molecule has 0 aliphatic rings. The van der Waals surface area contributed by atoms with Crippen LogP contribution in [0, 0.1) is 20.7 Å². The van der Waals surface area contributed by atoms with E-state index in [-0.39, 0.29) is 5.75 Å². The van der Waals surface area contributed by atoms with Gasteiger partial charge in [0.1, 0.15) is 9.45 Å². The fraction of sp³-hybridized carbons (Fsp3) is 0.154. The molecule has 0 radical (unpaired) electrons. The van der Waals surface area contributed by atoms with Crippen molar-refractivity contribution in [3.05, 3.63) is 49.8 Å². The summed E-state index contributed by atoms with van der Waals surface area (Å²) in [6.07, 6.45) is 0. The van der Waals surface area contributed by atoms with Crippen LogP contribution >= 0.6 is 22.6 Å². The lowest BCUT2D eigenvalue weighted by Gasteiger charge is -2.10. The van der Waals surface area contributed by atoms with Gasteiger partial charge in [0.15, 0.2) is 5.75 Å². The molecule has 0 unspecified atom stereocenters. The summed E-state index contributed by atoms with van der Waals surface area (Å²) in [7, 11) is 0. The molecule has 0 N–H and O–H groups in total. The lowest BCUT2D eigenvalue weighted by molar-refractivity contribution is -0.386. The third kappa shape index (κ3) is 4.00. The van der Waals surface area contributed by atoms with Crippen LogP contribution in [-0.2, 0) is 0 Å². The van der Waals surface area contributed by atoms with E-state index in [0.29, 0.717) is 9.45 Å². The second kappa shape index (κ2) is 6.81. The Labute approximate surface area is 137 Å². The van der Waals surface area contributed by atoms with Gasteiger partial charge in [-0.2, -0.15) is 8.78 Å². The first-order valence-electron chi connectivity index (χ1n) is 5.91. The maximum Gasteiger partial charge on any atom is 0.387 e. The van der Waals surface area contributed by atoms with Crippen LogP contribution in [0.2, 0.25) is 0 Å². The summed E-state index contributed by atoms with van der Waals surface area (Å²) in [5.74, 6) is -0.0274. The van der Waals surface area contributed by atoms with Crippen LogP contribution in [0.15, 0.2) is 30.3 Å². The lowest BCUT2D eigenvalue weighted by Crippen LogP contribution is -2.04. The first-order chi connectivity index (χ1) is 10.4. The summed E-state index contributed by atoms with van der Waals surface area (Å²) >= 11 is 1.96. The number of hydrogen-bond donors (Lipinski definition) is 0. The molecule has 22 heavy (non-hydrogen) atoms. The molecule has 0 saturated heterocycles. The van der Waals surface area contributed by atoms with Gasteiger partial charge in [-0.1, -0.05) is 0 Å². The predicted molar refractivity (Wildman–Crippen MR) is 81.5 cm³/mol. The molecule has 0 aliphatic heterocycles. The van der Waals surface area contributed by atoms with E-state index in [1.165, 1.54) is 6.07 Å². The maximum atomic E-state index is 12.3. The second-order valence-electron chi connectivity index (χ2n) is 4.11. The van der Waals surface area contributed by atoms with E-state index in [0.717, 1.165) is 17.8 Å². The smallest absolute Gasteiger partial charge is 0.387 e. The van der Waals surface area contributed by atoms with E-state index in [4.69, 9.17) is 4.74 Å². The molecule has 0 bridgehead atoms. The van der Waals surface area contributed by atoms with Crippen LogP contribution in [0.3, 0.4) is 0 Å². The number of nitro groups is 1. The van der Waals surface area contributed by atoms with Crippen molar-refractivity contribution in [3.8, 4) is 17.2 Å². The van der Waals surface area contributed by atoms with Gasteiger partial charge in [0, 0.05) is 17.8 Å². The molecule has 6 nitrogen and oxygen atoms in total. The van der Waals surface area contributed by atoms with Crippen LogP contribution in [0.5, 0.6) is 17.2 Å². The zero-order valence-electron chi connectivity index (χ0n) is 11.1. The standard InChI is InChI=1S/C13H9F2IN2O4/c1-7-2-5-10(12(16)17-7)21-8-3-4-9(18(19)20)11(6-8)22-13(14)15/h2-6,13H,1H3. The highest BCUT2D eigenvalue weighted by atomic mass is 127. The molecule has 0 saturated carbocycles. The Morgan fingerprint density at radius 1 is 1.27 bits per heavy atom. The van der Waals surface area contributed by atoms with Crippen LogP contribution in [0.25, 0.3) is 0 Å². The first kappa shape index (κ1) is 16.3. The summed E-state index contributed by atoms with van der Waals surface area (Å²) < 4.78 is 34.9. The van der Waals surface area contributed by atoms with Gasteiger partial charge < -0.3 is 9.47 Å². The molecule has 0 spiro atoms. The van der Waals surface area contributed by atoms with Crippen molar-refractivity contribution in [3.63, 3.8) is 0 Å². The Bertz CT molecular complexity index is 712. The van der Waals surface area contributed by atoms with Gasteiger partial charge in [-0.3, -0.25) is 10.1 Å². The minimum absolute atomic E-state index is 0.129. The Balaban J connectivity index is 2.33. The molecular weight excluding hydrogens is 413 g/mol. The van der Waals surface area contributed by atoms with E-state index < -0.39 is 23.0 Å². The molecule has 1 heterocycles. The molecule has 0 fully saturated rings. The molecule has 0 atom stereocenters. The number of nitrogens with zero attached hydrogens (tertiary/aromatic N) is 2. The van der Waals surface area contributed by atoms with Crippen molar-refractivity contribution >= 4 is 28.3 Å². The number of aryl methyl sites for hydroxylation is 1. The van der Waals surface area contributed by atoms with Gasteiger partial charge in [0.05, 0.1) is 4.92 Å². The summed E-state index contributed by atoms with van der Waals surface area (Å²) in [5.41, 5.74) is 0.228. The Hall–Kier alpha value is -2.04. The summed E-state index contributed by atoms with van der Waals surface area (Å²) in [5, 5.41) is 10.8. The molecule has 0 aliphatic carbocycles. The molecule has 9 heteroatoms. The SMILES string of the molecule is Cc1ccc(Oc2ccc([N+](=O)[O-])c(OC(F)F)c2)c(I)n1. The average molecular weight is 422 g/mol. The van der Waals surface area contributed by atoms with Crippen molar-refractivity contribution < 1.29 is 23.2 Å². The highest BCUT2D eigenvalue weighted by molar-refractivity contribution is 14.1. The van der Waals surface area contributed by atoms with E-state index in [1.807, 2.05) is 29.5 Å². The van der Waals surface area contributed by atoms with Crippen LogP contribution in [-0.4, -0.2) is 16.5 Å². The zero-order chi connectivity index (χ0) is 16.3. The third-order valence-corrected chi connectivity index (χ3v) is 3.30. The fourth-order valence-electron chi connectivity index (χ4n) is 1.61. The van der Waals surface area contributed by atoms with Crippen molar-refractivity contribution in [2.24, 2.45) is 0 Å². The first-order valence-corrected chi connectivity index (χ1v) is 6.99. The average Bonchev–Trinajstić information content (AvgIpc) is 2.41. The van der Waals surface area contributed by atoms with E-state index in [2.05, 4.69) is 9.72 Å². The highest BCUT2D eigenvalue weighted by Crippen LogP contribution is 2.35. The normalized spacial score (nSPS) is 10.6. The number of rotatable bonds is 5. The van der Waals surface area contributed by atoms with Crippen LogP contribution in [0.4, 0.5) is 14.5 Å². The number of aromatic nitrogens is 1. The number of ether oxygens (including phenoxy) is 2. The quantitative estimate of drug-likeness (QED) is 0.311. The lowest BCUT2D eigenvalue weighted by atomic mass is 10.3. The van der Waals surface area contributed by atoms with Gasteiger partial charge in [-0.25, -0.2) is 4.98 Å². The molecule has 2 rings (SSSR count). The Morgan fingerprint density at radius 3 is 2.59 bits per heavy atom. The number of benzene rings is 1. The van der Waals surface area contributed by atoms with E-state index in [1.54, 1.807) is 12.1 Å². The summed E-state index contributed by atoms with van der Waals surface area (Å²) in [6.45, 7) is -1.36. The minimum Gasteiger partial charge on any atom is -0.454 e. The second-order valence-corrected chi connectivity index (χ2v) is 5.13. The number of alkyl halides is 2. The number of halogens is 3. The molecule has 2 aromatic rings. The van der Waals surface area contributed by atoms with Gasteiger partial charge in [0.25, 0.3) is 0 Å². The van der Waals surface area contributed by atoms with Gasteiger partial charge in [-0.15, -0.1) is 0 Å². The van der Waals surface area contributed by atoms with Gasteiger partial charge in [-0.05, 0) is 47.7 Å². The molecule has 0 amide bonds. The van der Waals surface area contributed by atoms with Gasteiger partial charge >= 0.3 is 12.3 Å². The minimum atomic E-state index is -3.17. The van der Waals surface area contributed by atoms with Gasteiger partial charge in [0.2, 0.25) is 5.75 Å². The summed E-state index contributed by atoms with van der Waals surface area (Å²) in [4.78, 5) is 14.2. The Kier molecular flexibility index (Phi) is 5.06. The van der Waals surface area contributed by atoms with Crippen molar-refractivity contribution in [2.45, 2.75) is 13.5 Å². The van der Waals surface area contributed by atoms with E-state index in [9.17, 15) is 18.9 Å². The Morgan fingerprint density at radius 2 is 2.00 bits per heavy atom. The van der Waals surface area contributed by atoms with Crippen LogP contribution < -0.4 is 9.47 Å². The number of nitro benzene ring substituents is 1. The van der Waals surface area contributed by atoms with Crippen molar-refractivity contribution in [2.75, 3.05) is 0 Å². The van der Waals surface area contributed by atoms with Crippen LogP contribution in [0.1, 0.15) is 5.69 Å². The van der Waals surface area contributed by atoms with E-state index >= 15 is 0 Å². The maximum absolute atomic E-state index is 12.3. The zero-order valence-corrected chi connectivity index (χ0v) is 13.3. The molecular formula is C13H9F2IN2O4.